The molecule has 1 saturated carbocycles. The van der Waals surface area contributed by atoms with E-state index in [4.69, 9.17) is 4.52 Å². The van der Waals surface area contributed by atoms with E-state index in [2.05, 4.69) is 28.6 Å². The average Bonchev–Trinajstić information content (AvgIpc) is 3.02. The zero-order valence-electron chi connectivity index (χ0n) is 14.6. The van der Waals surface area contributed by atoms with Gasteiger partial charge in [-0.25, -0.2) is 0 Å². The monoisotopic (exact) mass is 328 g/mol. The van der Waals surface area contributed by atoms with Crippen LogP contribution in [0.15, 0.2) is 10.6 Å². The Morgan fingerprint density at radius 2 is 2.12 bits per heavy atom. The van der Waals surface area contributed by atoms with Gasteiger partial charge >= 0.3 is 0 Å². The number of aromatic nitrogens is 3. The van der Waals surface area contributed by atoms with E-state index < -0.39 is 0 Å². The molecule has 1 saturated heterocycles. The number of hydrogen-bond donors (Lipinski definition) is 0. The summed E-state index contributed by atoms with van der Waals surface area (Å²) in [5, 5.41) is 4.09. The highest BCUT2D eigenvalue weighted by Gasteiger charge is 2.36. The molecule has 2 fully saturated rings. The summed E-state index contributed by atoms with van der Waals surface area (Å²) in [6.45, 7) is 6.90. The lowest BCUT2D eigenvalue weighted by Gasteiger charge is -2.22. The highest BCUT2D eigenvalue weighted by molar-refractivity contribution is 5.96. The predicted molar refractivity (Wildman–Crippen MR) is 88.9 cm³/mol. The molecular formula is C18H24N4O2. The smallest absolute Gasteiger partial charge is 0.256 e. The molecule has 0 aromatic carbocycles. The molecule has 24 heavy (non-hydrogen) atoms. The lowest BCUT2D eigenvalue weighted by molar-refractivity contribution is 0.0727. The molecule has 4 rings (SSSR count). The first-order chi connectivity index (χ1) is 11.6. The van der Waals surface area contributed by atoms with Crippen LogP contribution in [0, 0.1) is 13.8 Å². The minimum absolute atomic E-state index is 0.0643. The third-order valence-electron chi connectivity index (χ3n) is 5.22. The van der Waals surface area contributed by atoms with Crippen LogP contribution in [0.1, 0.15) is 78.2 Å². The van der Waals surface area contributed by atoms with Crippen LogP contribution in [0.4, 0.5) is 0 Å². The van der Waals surface area contributed by atoms with Crippen molar-refractivity contribution in [3.05, 3.63) is 34.7 Å². The van der Waals surface area contributed by atoms with Crippen LogP contribution in [-0.2, 0) is 6.42 Å². The highest BCUT2D eigenvalue weighted by Crippen LogP contribution is 2.39. The first-order valence-electron chi connectivity index (χ1n) is 8.92. The Labute approximate surface area is 141 Å². The van der Waals surface area contributed by atoms with Crippen molar-refractivity contribution in [3.63, 3.8) is 0 Å². The fourth-order valence-electron chi connectivity index (χ4n) is 3.87. The number of nitrogens with zero attached hydrogens (tertiary/aromatic N) is 4. The Bertz CT molecular complexity index is 772. The van der Waals surface area contributed by atoms with Gasteiger partial charge in [0.05, 0.1) is 11.6 Å². The number of amides is 1. The Balaban J connectivity index is 1.62. The lowest BCUT2D eigenvalue weighted by atomic mass is 10.1. The summed E-state index contributed by atoms with van der Waals surface area (Å²) in [6.07, 6.45) is 5.04. The number of likely N-dealkylation sites (tertiary alicyclic amines) is 1. The number of rotatable bonds is 4. The quantitative estimate of drug-likeness (QED) is 0.863. The maximum Gasteiger partial charge on any atom is 0.256 e. The van der Waals surface area contributed by atoms with Crippen molar-refractivity contribution in [1.29, 1.82) is 0 Å². The molecule has 1 amide bonds. The topological polar surface area (TPSA) is 64.2 Å². The van der Waals surface area contributed by atoms with Crippen LogP contribution in [-0.4, -0.2) is 32.1 Å². The summed E-state index contributed by atoms with van der Waals surface area (Å²) in [6, 6.07) is 2.56. The third kappa shape index (κ3) is 2.44. The second-order valence-electron chi connectivity index (χ2n) is 6.94. The molecule has 1 aliphatic heterocycles. The minimum atomic E-state index is -0.0643. The Morgan fingerprint density at radius 1 is 1.33 bits per heavy atom. The Morgan fingerprint density at radius 3 is 2.79 bits per heavy atom. The molecule has 0 radical (unpaired) electrons. The molecule has 1 atom stereocenters. The molecule has 2 aliphatic rings. The summed E-state index contributed by atoms with van der Waals surface area (Å²) < 4.78 is 7.56. The summed E-state index contributed by atoms with van der Waals surface area (Å²) in [4.78, 5) is 19.5. The van der Waals surface area contributed by atoms with Crippen molar-refractivity contribution in [1.82, 2.24) is 19.6 Å². The summed E-state index contributed by atoms with van der Waals surface area (Å²) in [5.74, 6) is 1.38. The van der Waals surface area contributed by atoms with Crippen LogP contribution < -0.4 is 0 Å². The van der Waals surface area contributed by atoms with Crippen LogP contribution in [0.25, 0.3) is 0 Å². The average molecular weight is 328 g/mol. The van der Waals surface area contributed by atoms with Gasteiger partial charge in [-0.1, -0.05) is 12.1 Å². The van der Waals surface area contributed by atoms with Crippen molar-refractivity contribution < 1.29 is 9.32 Å². The van der Waals surface area contributed by atoms with E-state index in [-0.39, 0.29) is 11.9 Å². The maximum absolute atomic E-state index is 13.2. The zero-order valence-corrected chi connectivity index (χ0v) is 14.6. The van der Waals surface area contributed by atoms with Gasteiger partial charge in [0.1, 0.15) is 0 Å². The molecule has 0 spiro atoms. The normalized spacial score (nSPS) is 20.8. The van der Waals surface area contributed by atoms with Crippen LogP contribution in [0.3, 0.4) is 0 Å². The highest BCUT2D eigenvalue weighted by atomic mass is 16.5. The van der Waals surface area contributed by atoms with Gasteiger partial charge in [-0.2, -0.15) is 4.98 Å². The number of carbonyl (C=O) groups excluding carboxylic acids is 1. The van der Waals surface area contributed by atoms with Crippen molar-refractivity contribution in [2.24, 2.45) is 0 Å². The van der Waals surface area contributed by atoms with E-state index in [0.717, 1.165) is 37.1 Å². The number of carbonyl (C=O) groups is 1. The van der Waals surface area contributed by atoms with Gasteiger partial charge in [-0.3, -0.25) is 4.79 Å². The van der Waals surface area contributed by atoms with Gasteiger partial charge in [0.2, 0.25) is 5.89 Å². The second-order valence-corrected chi connectivity index (χ2v) is 6.94. The van der Waals surface area contributed by atoms with Crippen molar-refractivity contribution >= 4 is 5.91 Å². The summed E-state index contributed by atoms with van der Waals surface area (Å²) >= 11 is 0. The molecule has 3 heterocycles. The molecule has 0 bridgehead atoms. The van der Waals surface area contributed by atoms with Crippen LogP contribution in [0.5, 0.6) is 0 Å². The molecule has 6 nitrogen and oxygen atoms in total. The predicted octanol–water partition coefficient (Wildman–Crippen LogP) is 3.36. The van der Waals surface area contributed by atoms with Crippen molar-refractivity contribution in [2.45, 2.75) is 65.0 Å². The Hall–Kier alpha value is -2.11. The SMILES string of the molecule is CCc1nc(C2CCCN2C(=O)c2cc(C)n(C3CC3)c2C)no1. The summed E-state index contributed by atoms with van der Waals surface area (Å²) in [7, 11) is 0. The second kappa shape index (κ2) is 5.76. The first kappa shape index (κ1) is 15.4. The Kier molecular flexibility index (Phi) is 3.70. The van der Waals surface area contributed by atoms with Gasteiger partial charge < -0.3 is 14.0 Å². The molecule has 128 valence electrons. The van der Waals surface area contributed by atoms with Gasteiger partial charge in [-0.05, 0) is 45.6 Å². The first-order valence-corrected chi connectivity index (χ1v) is 8.92. The van der Waals surface area contributed by atoms with Crippen LogP contribution in [0.2, 0.25) is 0 Å². The molecule has 1 aliphatic carbocycles. The van der Waals surface area contributed by atoms with E-state index >= 15 is 0 Å². The molecule has 1 unspecified atom stereocenters. The standard InChI is InChI=1S/C18H24N4O2/c1-4-16-19-17(20-24-16)15-6-5-9-21(15)18(23)14-10-11(2)22(12(14)3)13-7-8-13/h10,13,15H,4-9H2,1-3H3. The molecule has 2 aromatic heterocycles. The van der Waals surface area contributed by atoms with E-state index in [0.29, 0.717) is 17.8 Å². The van der Waals surface area contributed by atoms with Gasteiger partial charge in [0.15, 0.2) is 5.82 Å². The fraction of sp³-hybridized carbons (Fsp3) is 0.611. The maximum atomic E-state index is 13.2. The van der Waals surface area contributed by atoms with Gasteiger partial charge in [0, 0.05) is 30.4 Å². The van der Waals surface area contributed by atoms with E-state index in [1.165, 1.54) is 18.5 Å². The van der Waals surface area contributed by atoms with Crippen molar-refractivity contribution in [3.8, 4) is 0 Å². The molecule has 0 N–H and O–H groups in total. The van der Waals surface area contributed by atoms with Gasteiger partial charge in [0.25, 0.3) is 5.91 Å². The van der Waals surface area contributed by atoms with E-state index in [9.17, 15) is 4.79 Å². The number of aryl methyl sites for hydroxylation is 2. The largest absolute Gasteiger partial charge is 0.345 e. The number of hydrogen-bond acceptors (Lipinski definition) is 4. The van der Waals surface area contributed by atoms with E-state index in [1.54, 1.807) is 0 Å². The fourth-order valence-corrected chi connectivity index (χ4v) is 3.87. The van der Waals surface area contributed by atoms with Gasteiger partial charge in [-0.15, -0.1) is 0 Å². The molecule has 2 aromatic rings. The zero-order chi connectivity index (χ0) is 16.8. The van der Waals surface area contributed by atoms with E-state index in [1.807, 2.05) is 17.9 Å². The minimum Gasteiger partial charge on any atom is -0.345 e. The third-order valence-corrected chi connectivity index (χ3v) is 5.22. The summed E-state index contributed by atoms with van der Waals surface area (Å²) in [5.41, 5.74) is 3.10. The molecular weight excluding hydrogens is 304 g/mol. The lowest BCUT2D eigenvalue weighted by Crippen LogP contribution is -2.31. The molecule has 6 heteroatoms. The van der Waals surface area contributed by atoms with Crippen LogP contribution >= 0.6 is 0 Å². The van der Waals surface area contributed by atoms with Crippen molar-refractivity contribution in [2.75, 3.05) is 6.54 Å².